The van der Waals surface area contributed by atoms with Crippen LogP contribution in [0, 0.1) is 5.92 Å². The van der Waals surface area contributed by atoms with E-state index < -0.39 is 9.84 Å². The first kappa shape index (κ1) is 15.7. The number of carbonyl (C=O) groups excluding carboxylic acids is 1. The molecule has 1 fully saturated rings. The Hall–Kier alpha value is -1.82. The summed E-state index contributed by atoms with van der Waals surface area (Å²) in [4.78, 5) is 15.9. The quantitative estimate of drug-likeness (QED) is 0.894. The number of aryl methyl sites for hydroxylation is 2. The Morgan fingerprint density at radius 2 is 2.08 bits per heavy atom. The maximum absolute atomic E-state index is 12.4. The van der Waals surface area contributed by atoms with Crippen LogP contribution in [0.4, 0.5) is 0 Å². The summed E-state index contributed by atoms with van der Waals surface area (Å²) in [5.74, 6) is 0.363. The number of hydrogen-bond donors (Lipinski definition) is 2. The highest BCUT2D eigenvalue weighted by atomic mass is 32.2. The number of sulfone groups is 1. The first-order valence-electron chi connectivity index (χ1n) is 8.64. The highest BCUT2D eigenvalue weighted by Crippen LogP contribution is 2.29. The van der Waals surface area contributed by atoms with Gasteiger partial charge >= 0.3 is 0 Å². The maximum atomic E-state index is 12.4. The van der Waals surface area contributed by atoms with Crippen LogP contribution in [-0.4, -0.2) is 37.4 Å². The molecule has 1 aliphatic carbocycles. The lowest BCUT2D eigenvalue weighted by atomic mass is 9.95. The molecule has 1 saturated heterocycles. The topological polar surface area (TPSA) is 79.0 Å². The van der Waals surface area contributed by atoms with Gasteiger partial charge in [-0.05, 0) is 61.8 Å². The van der Waals surface area contributed by atoms with Crippen LogP contribution in [-0.2, 0) is 22.7 Å². The third-order valence-corrected chi connectivity index (χ3v) is 7.08. The second-order valence-electron chi connectivity index (χ2n) is 7.03. The smallest absolute Gasteiger partial charge is 0.251 e. The van der Waals surface area contributed by atoms with Crippen molar-refractivity contribution in [1.29, 1.82) is 0 Å². The minimum Gasteiger partial charge on any atom is -0.358 e. The molecular weight excluding hydrogens is 324 g/mol. The van der Waals surface area contributed by atoms with E-state index in [0.717, 1.165) is 23.7 Å². The maximum Gasteiger partial charge on any atom is 0.251 e. The van der Waals surface area contributed by atoms with Gasteiger partial charge in [0.25, 0.3) is 5.91 Å². The highest BCUT2D eigenvalue weighted by molar-refractivity contribution is 7.91. The van der Waals surface area contributed by atoms with E-state index in [0.29, 0.717) is 18.5 Å². The molecular formula is C18H22N2O3S. The number of carbonyl (C=O) groups is 1. The van der Waals surface area contributed by atoms with Gasteiger partial charge in [0.2, 0.25) is 0 Å². The Labute approximate surface area is 141 Å². The van der Waals surface area contributed by atoms with Crippen molar-refractivity contribution in [2.24, 2.45) is 5.92 Å². The van der Waals surface area contributed by atoms with Crippen LogP contribution in [0.1, 0.15) is 40.9 Å². The lowest BCUT2D eigenvalue weighted by molar-refractivity contribution is 0.0948. The summed E-state index contributed by atoms with van der Waals surface area (Å²) in [6, 6.07) is 5.78. The van der Waals surface area contributed by atoms with Crippen molar-refractivity contribution in [3.05, 3.63) is 35.0 Å². The van der Waals surface area contributed by atoms with Gasteiger partial charge in [0, 0.05) is 28.7 Å². The van der Waals surface area contributed by atoms with Crippen LogP contribution >= 0.6 is 0 Å². The van der Waals surface area contributed by atoms with Crippen molar-refractivity contribution in [1.82, 2.24) is 10.3 Å². The number of aromatic nitrogens is 1. The van der Waals surface area contributed by atoms with E-state index in [1.165, 1.54) is 24.1 Å². The number of fused-ring (bicyclic) bond motifs is 3. The van der Waals surface area contributed by atoms with Crippen LogP contribution in [0.5, 0.6) is 0 Å². The van der Waals surface area contributed by atoms with Crippen molar-refractivity contribution in [3.63, 3.8) is 0 Å². The van der Waals surface area contributed by atoms with Crippen molar-refractivity contribution < 1.29 is 13.2 Å². The van der Waals surface area contributed by atoms with E-state index >= 15 is 0 Å². The monoisotopic (exact) mass is 346 g/mol. The fourth-order valence-corrected chi connectivity index (χ4v) is 5.78. The average Bonchev–Trinajstić information content (AvgIpc) is 3.11. The number of hydrogen-bond acceptors (Lipinski definition) is 3. The summed E-state index contributed by atoms with van der Waals surface area (Å²) in [5, 5.41) is 4.06. The number of H-pyrrole nitrogens is 1. The molecule has 24 heavy (non-hydrogen) atoms. The molecule has 2 N–H and O–H groups in total. The molecule has 0 radical (unpaired) electrons. The second-order valence-corrected chi connectivity index (χ2v) is 9.26. The Morgan fingerprint density at radius 1 is 1.25 bits per heavy atom. The predicted octanol–water partition coefficient (Wildman–Crippen LogP) is 2.21. The van der Waals surface area contributed by atoms with Crippen molar-refractivity contribution in [3.8, 4) is 0 Å². The third kappa shape index (κ3) is 2.95. The van der Waals surface area contributed by atoms with Gasteiger partial charge in [-0.2, -0.15) is 0 Å². The Morgan fingerprint density at radius 3 is 2.88 bits per heavy atom. The summed E-state index contributed by atoms with van der Waals surface area (Å²) in [6.45, 7) is 0.432. The normalized spacial score (nSPS) is 22.4. The van der Waals surface area contributed by atoms with Gasteiger partial charge in [0.05, 0.1) is 11.5 Å². The van der Waals surface area contributed by atoms with Gasteiger partial charge in [0.1, 0.15) is 0 Å². The third-order valence-electron chi connectivity index (χ3n) is 5.24. The molecule has 0 saturated carbocycles. The van der Waals surface area contributed by atoms with E-state index in [4.69, 9.17) is 0 Å². The van der Waals surface area contributed by atoms with Gasteiger partial charge < -0.3 is 10.3 Å². The van der Waals surface area contributed by atoms with Crippen LogP contribution in [0.15, 0.2) is 18.2 Å². The molecule has 1 amide bonds. The van der Waals surface area contributed by atoms with E-state index in [-0.39, 0.29) is 23.3 Å². The van der Waals surface area contributed by atoms with Gasteiger partial charge in [-0.3, -0.25) is 4.79 Å². The molecule has 1 aromatic heterocycles. The van der Waals surface area contributed by atoms with E-state index in [9.17, 15) is 13.2 Å². The molecule has 6 heteroatoms. The van der Waals surface area contributed by atoms with E-state index in [1.54, 1.807) is 0 Å². The molecule has 128 valence electrons. The number of benzene rings is 1. The minimum absolute atomic E-state index is 0.0442. The first-order chi connectivity index (χ1) is 11.5. The SMILES string of the molecule is O=C(NC[C@H]1CCS(=O)(=O)C1)c1ccc2[nH]c3c(c2c1)CCCC3. The van der Waals surface area contributed by atoms with Gasteiger partial charge in [-0.25, -0.2) is 8.42 Å². The lowest BCUT2D eigenvalue weighted by Gasteiger charge is -2.11. The molecule has 4 rings (SSSR count). The minimum atomic E-state index is -2.90. The number of nitrogens with one attached hydrogen (secondary N) is 2. The standard InChI is InChI=1S/C18H22N2O3S/c21-18(19-10-12-7-8-24(22,23)11-12)13-5-6-17-15(9-13)14-3-1-2-4-16(14)20-17/h5-6,9,12,20H,1-4,7-8,10-11H2,(H,19,21)/t12-/m1/s1. The number of aromatic amines is 1. The molecule has 2 heterocycles. The van der Waals surface area contributed by atoms with Crippen molar-refractivity contribution in [2.45, 2.75) is 32.1 Å². The molecule has 0 unspecified atom stereocenters. The van der Waals surface area contributed by atoms with Gasteiger partial charge in [-0.1, -0.05) is 0 Å². The van der Waals surface area contributed by atoms with Crippen LogP contribution in [0.2, 0.25) is 0 Å². The summed E-state index contributed by atoms with van der Waals surface area (Å²) in [5.41, 5.74) is 4.41. The zero-order valence-corrected chi connectivity index (χ0v) is 14.4. The second kappa shape index (κ2) is 5.92. The molecule has 2 aromatic rings. The number of amides is 1. The van der Waals surface area contributed by atoms with E-state index in [1.807, 2.05) is 18.2 Å². The summed E-state index contributed by atoms with van der Waals surface area (Å²) in [7, 11) is -2.90. The predicted molar refractivity (Wildman–Crippen MR) is 94.0 cm³/mol. The van der Waals surface area contributed by atoms with Crippen LogP contribution in [0.3, 0.4) is 0 Å². The Balaban J connectivity index is 1.50. The first-order valence-corrected chi connectivity index (χ1v) is 10.5. The fraction of sp³-hybridized carbons (Fsp3) is 0.500. The van der Waals surface area contributed by atoms with Crippen molar-refractivity contribution >= 4 is 26.6 Å². The molecule has 2 aliphatic rings. The molecule has 0 spiro atoms. The molecule has 1 atom stereocenters. The lowest BCUT2D eigenvalue weighted by Crippen LogP contribution is -2.29. The zero-order chi connectivity index (χ0) is 16.7. The van der Waals surface area contributed by atoms with E-state index in [2.05, 4.69) is 10.3 Å². The summed E-state index contributed by atoms with van der Waals surface area (Å²) in [6.07, 6.45) is 5.22. The van der Waals surface area contributed by atoms with Gasteiger partial charge in [0.15, 0.2) is 9.84 Å². The Kier molecular flexibility index (Phi) is 3.87. The molecule has 0 bridgehead atoms. The zero-order valence-electron chi connectivity index (χ0n) is 13.6. The average molecular weight is 346 g/mol. The molecule has 5 nitrogen and oxygen atoms in total. The Bertz CT molecular complexity index is 898. The molecule has 1 aromatic carbocycles. The highest BCUT2D eigenvalue weighted by Gasteiger charge is 2.28. The largest absolute Gasteiger partial charge is 0.358 e. The van der Waals surface area contributed by atoms with Crippen molar-refractivity contribution in [2.75, 3.05) is 18.1 Å². The summed E-state index contributed by atoms with van der Waals surface area (Å²) < 4.78 is 23.0. The summed E-state index contributed by atoms with van der Waals surface area (Å²) >= 11 is 0. The fourth-order valence-electron chi connectivity index (χ4n) is 3.92. The van der Waals surface area contributed by atoms with Crippen LogP contribution in [0.25, 0.3) is 10.9 Å². The number of rotatable bonds is 3. The molecule has 1 aliphatic heterocycles. The van der Waals surface area contributed by atoms with Crippen LogP contribution < -0.4 is 5.32 Å². The van der Waals surface area contributed by atoms with Gasteiger partial charge in [-0.15, -0.1) is 0 Å².